The van der Waals surface area contributed by atoms with E-state index in [0.717, 1.165) is 38.5 Å². The molecule has 30 heavy (non-hydrogen) atoms. The van der Waals surface area contributed by atoms with Gasteiger partial charge in [0.25, 0.3) is 0 Å². The maximum atomic E-state index is 11.7. The predicted octanol–water partition coefficient (Wildman–Crippen LogP) is 8.29. The van der Waals surface area contributed by atoms with E-state index < -0.39 is 11.9 Å². The molecule has 0 aromatic carbocycles. The third-order valence-electron chi connectivity index (χ3n) is 5.94. The average Bonchev–Trinajstić information content (AvgIpc) is 2.71. The SMILES string of the molecule is CCCCCCCCCCCC(C(=O)O)=C(CCCCCCCCCCC)C(=O)O. The molecule has 0 amide bonds. The molecule has 0 aliphatic heterocycles. The number of carbonyl (C=O) groups is 2. The van der Waals surface area contributed by atoms with Gasteiger partial charge < -0.3 is 10.2 Å². The molecule has 0 bridgehead atoms. The highest BCUT2D eigenvalue weighted by Gasteiger charge is 2.19. The maximum absolute atomic E-state index is 11.7. The van der Waals surface area contributed by atoms with Crippen molar-refractivity contribution in [1.29, 1.82) is 0 Å². The summed E-state index contributed by atoms with van der Waals surface area (Å²) in [7, 11) is 0. The molecule has 0 saturated heterocycles. The largest absolute Gasteiger partial charge is 0.478 e. The Morgan fingerprint density at radius 2 is 0.667 bits per heavy atom. The lowest BCUT2D eigenvalue weighted by atomic mass is 9.96. The van der Waals surface area contributed by atoms with Gasteiger partial charge in [-0.2, -0.15) is 0 Å². The summed E-state index contributed by atoms with van der Waals surface area (Å²) in [6.07, 6.45) is 21.7. The molecule has 0 saturated carbocycles. The third-order valence-corrected chi connectivity index (χ3v) is 5.94. The number of hydrogen-bond donors (Lipinski definition) is 2. The normalized spacial score (nSPS) is 12.1. The minimum atomic E-state index is -1.05. The summed E-state index contributed by atoms with van der Waals surface area (Å²) in [4.78, 5) is 23.3. The highest BCUT2D eigenvalue weighted by molar-refractivity contribution is 5.98. The van der Waals surface area contributed by atoms with Crippen LogP contribution in [-0.2, 0) is 9.59 Å². The fraction of sp³-hybridized carbons (Fsp3) is 0.846. The van der Waals surface area contributed by atoms with Crippen molar-refractivity contribution in [1.82, 2.24) is 0 Å². The smallest absolute Gasteiger partial charge is 0.332 e. The van der Waals surface area contributed by atoms with Gasteiger partial charge in [-0.05, 0) is 25.7 Å². The molecular formula is C26H48O4. The van der Waals surface area contributed by atoms with Gasteiger partial charge in [0.2, 0.25) is 0 Å². The van der Waals surface area contributed by atoms with Crippen molar-refractivity contribution in [3.63, 3.8) is 0 Å². The molecule has 4 heteroatoms. The van der Waals surface area contributed by atoms with Crippen molar-refractivity contribution in [3.8, 4) is 0 Å². The summed E-state index contributed by atoms with van der Waals surface area (Å²) in [5, 5.41) is 19.1. The van der Waals surface area contributed by atoms with Gasteiger partial charge in [0.05, 0.1) is 0 Å². The van der Waals surface area contributed by atoms with Crippen LogP contribution in [0.3, 0.4) is 0 Å². The second-order valence-electron chi connectivity index (χ2n) is 8.72. The molecule has 0 spiro atoms. The van der Waals surface area contributed by atoms with Crippen molar-refractivity contribution >= 4 is 11.9 Å². The first-order valence-corrected chi connectivity index (χ1v) is 12.7. The van der Waals surface area contributed by atoms with Crippen LogP contribution in [0.4, 0.5) is 0 Å². The number of aliphatic carboxylic acids is 2. The van der Waals surface area contributed by atoms with Crippen LogP contribution in [0, 0.1) is 0 Å². The molecule has 0 aliphatic rings. The Labute approximate surface area is 185 Å². The van der Waals surface area contributed by atoms with Crippen LogP contribution in [0.25, 0.3) is 0 Å². The van der Waals surface area contributed by atoms with E-state index in [4.69, 9.17) is 0 Å². The molecule has 2 N–H and O–H groups in total. The molecular weight excluding hydrogens is 376 g/mol. The minimum Gasteiger partial charge on any atom is -0.478 e. The number of carboxylic acids is 2. The number of carboxylic acid groups (broad SMARTS) is 2. The Morgan fingerprint density at radius 3 is 0.900 bits per heavy atom. The fourth-order valence-corrected chi connectivity index (χ4v) is 4.00. The van der Waals surface area contributed by atoms with Crippen molar-refractivity contribution < 1.29 is 19.8 Å². The number of hydrogen-bond acceptors (Lipinski definition) is 2. The average molecular weight is 425 g/mol. The molecule has 176 valence electrons. The quantitative estimate of drug-likeness (QED) is 0.135. The topological polar surface area (TPSA) is 74.6 Å². The maximum Gasteiger partial charge on any atom is 0.332 e. The Balaban J connectivity index is 4.18. The van der Waals surface area contributed by atoms with E-state index in [-0.39, 0.29) is 11.1 Å². The van der Waals surface area contributed by atoms with Crippen LogP contribution in [0.5, 0.6) is 0 Å². The first-order valence-electron chi connectivity index (χ1n) is 12.7. The van der Waals surface area contributed by atoms with Gasteiger partial charge in [0.15, 0.2) is 0 Å². The zero-order valence-electron chi connectivity index (χ0n) is 19.9. The van der Waals surface area contributed by atoms with Crippen LogP contribution >= 0.6 is 0 Å². The zero-order valence-corrected chi connectivity index (χ0v) is 19.9. The van der Waals surface area contributed by atoms with Crippen molar-refractivity contribution in [2.24, 2.45) is 0 Å². The third kappa shape index (κ3) is 16.5. The molecule has 0 rings (SSSR count). The van der Waals surface area contributed by atoms with Gasteiger partial charge >= 0.3 is 11.9 Å². The predicted molar refractivity (Wildman–Crippen MR) is 126 cm³/mol. The summed E-state index contributed by atoms with van der Waals surface area (Å²) < 4.78 is 0. The Morgan fingerprint density at radius 1 is 0.433 bits per heavy atom. The Kier molecular flexibility index (Phi) is 20.0. The standard InChI is InChI=1S/C26H48O4/c1-3-5-7-9-11-13-15-17-19-21-23(25(27)28)24(26(29)30)22-20-18-16-14-12-10-8-6-4-2/h3-22H2,1-2H3,(H,27,28)(H,29,30). The van der Waals surface area contributed by atoms with E-state index in [9.17, 15) is 19.8 Å². The van der Waals surface area contributed by atoms with Gasteiger partial charge in [0, 0.05) is 11.1 Å². The van der Waals surface area contributed by atoms with Crippen LogP contribution < -0.4 is 0 Å². The summed E-state index contributed by atoms with van der Waals surface area (Å²) >= 11 is 0. The van der Waals surface area contributed by atoms with Crippen LogP contribution in [0.1, 0.15) is 142 Å². The first kappa shape index (κ1) is 28.7. The highest BCUT2D eigenvalue weighted by atomic mass is 16.4. The van der Waals surface area contributed by atoms with Crippen molar-refractivity contribution in [2.75, 3.05) is 0 Å². The molecule has 4 nitrogen and oxygen atoms in total. The lowest BCUT2D eigenvalue weighted by molar-refractivity contribution is -0.136. The summed E-state index contributed by atoms with van der Waals surface area (Å²) in [6.45, 7) is 4.43. The molecule has 0 fully saturated rings. The summed E-state index contributed by atoms with van der Waals surface area (Å²) in [6, 6.07) is 0. The van der Waals surface area contributed by atoms with Crippen molar-refractivity contribution in [3.05, 3.63) is 11.1 Å². The van der Waals surface area contributed by atoms with E-state index in [0.29, 0.717) is 12.8 Å². The van der Waals surface area contributed by atoms with Crippen LogP contribution in [-0.4, -0.2) is 22.2 Å². The van der Waals surface area contributed by atoms with E-state index in [1.54, 1.807) is 0 Å². The molecule has 0 radical (unpaired) electrons. The highest BCUT2D eigenvalue weighted by Crippen LogP contribution is 2.21. The zero-order chi connectivity index (χ0) is 22.5. The van der Waals surface area contributed by atoms with Gasteiger partial charge in [-0.15, -0.1) is 0 Å². The lowest BCUT2D eigenvalue weighted by Crippen LogP contribution is -2.12. The molecule has 0 aromatic rings. The second kappa shape index (κ2) is 20.9. The lowest BCUT2D eigenvalue weighted by Gasteiger charge is -2.10. The van der Waals surface area contributed by atoms with Gasteiger partial charge in [-0.25, -0.2) is 9.59 Å². The van der Waals surface area contributed by atoms with Gasteiger partial charge in [-0.3, -0.25) is 0 Å². The summed E-state index contributed by atoms with van der Waals surface area (Å²) in [5.74, 6) is -2.11. The van der Waals surface area contributed by atoms with Crippen LogP contribution in [0.2, 0.25) is 0 Å². The van der Waals surface area contributed by atoms with Crippen molar-refractivity contribution in [2.45, 2.75) is 142 Å². The van der Waals surface area contributed by atoms with E-state index in [1.807, 2.05) is 0 Å². The molecule has 0 aliphatic carbocycles. The van der Waals surface area contributed by atoms with E-state index in [1.165, 1.54) is 77.0 Å². The summed E-state index contributed by atoms with van der Waals surface area (Å²) in [5.41, 5.74) is 0.259. The minimum absolute atomic E-state index is 0.130. The second-order valence-corrected chi connectivity index (χ2v) is 8.72. The van der Waals surface area contributed by atoms with Gasteiger partial charge in [0.1, 0.15) is 0 Å². The molecule has 0 unspecified atom stereocenters. The van der Waals surface area contributed by atoms with E-state index in [2.05, 4.69) is 13.8 Å². The molecule has 0 aromatic heterocycles. The van der Waals surface area contributed by atoms with Gasteiger partial charge in [-0.1, -0.05) is 117 Å². The fourth-order valence-electron chi connectivity index (χ4n) is 4.00. The Hall–Kier alpha value is -1.32. The number of rotatable bonds is 22. The first-order chi connectivity index (χ1) is 14.5. The number of unbranched alkanes of at least 4 members (excludes halogenated alkanes) is 16. The van der Waals surface area contributed by atoms with Crippen LogP contribution in [0.15, 0.2) is 11.1 Å². The molecule has 0 atom stereocenters. The van der Waals surface area contributed by atoms with E-state index >= 15 is 0 Å². The monoisotopic (exact) mass is 424 g/mol. The Bertz CT molecular complexity index is 426. The molecule has 0 heterocycles.